The van der Waals surface area contributed by atoms with Gasteiger partial charge in [-0.15, -0.1) is 0 Å². The van der Waals surface area contributed by atoms with E-state index < -0.39 is 36.2 Å². The molecule has 5 N–H and O–H groups in total. The summed E-state index contributed by atoms with van der Waals surface area (Å²) in [6, 6.07) is 19.5. The lowest BCUT2D eigenvalue weighted by Gasteiger charge is -2.18. The van der Waals surface area contributed by atoms with Crippen LogP contribution in [0.4, 0.5) is 26.3 Å². The molecular weight excluding hydrogens is 658 g/mol. The molecule has 0 fully saturated rings. The summed E-state index contributed by atoms with van der Waals surface area (Å²) in [4.78, 5) is 50.9. The molecule has 12 nitrogen and oxygen atoms in total. The van der Waals surface area contributed by atoms with Crippen LogP contribution in [0, 0.1) is 6.92 Å². The number of benzene rings is 2. The number of carbonyl (C=O) groups is 4. The number of hydroxylamine groups is 1. The molecule has 0 spiro atoms. The summed E-state index contributed by atoms with van der Waals surface area (Å²) in [5, 5.41) is 27.0. The number of alkyl halides is 6. The van der Waals surface area contributed by atoms with Crippen LogP contribution in [0.2, 0.25) is 0 Å². The number of hydrogen-bond donors (Lipinski definition) is 5. The van der Waals surface area contributed by atoms with Gasteiger partial charge in [0.25, 0.3) is 5.91 Å². The van der Waals surface area contributed by atoms with Crippen molar-refractivity contribution in [2.24, 2.45) is 0 Å². The predicted molar refractivity (Wildman–Crippen MR) is 154 cm³/mol. The maximum atomic E-state index is 12.8. The van der Waals surface area contributed by atoms with Gasteiger partial charge in [-0.1, -0.05) is 24.3 Å². The molecule has 0 bridgehead atoms. The van der Waals surface area contributed by atoms with Crippen molar-refractivity contribution in [2.75, 3.05) is 0 Å². The van der Waals surface area contributed by atoms with E-state index in [1.165, 1.54) is 0 Å². The lowest BCUT2D eigenvalue weighted by molar-refractivity contribution is -0.193. The number of amides is 2. The zero-order valence-electron chi connectivity index (χ0n) is 24.5. The molecule has 0 aliphatic rings. The van der Waals surface area contributed by atoms with Crippen LogP contribution in [0.15, 0.2) is 79.1 Å². The van der Waals surface area contributed by atoms with Crippen LogP contribution in [0.3, 0.4) is 0 Å². The van der Waals surface area contributed by atoms with E-state index in [2.05, 4.69) is 15.3 Å². The zero-order chi connectivity index (χ0) is 36.1. The number of pyridine rings is 2. The van der Waals surface area contributed by atoms with Crippen LogP contribution < -0.4 is 15.5 Å². The van der Waals surface area contributed by atoms with Gasteiger partial charge in [0.15, 0.2) is 0 Å². The highest BCUT2D eigenvalue weighted by atomic mass is 19.4. The molecule has 0 aliphatic carbocycles. The van der Waals surface area contributed by atoms with E-state index in [9.17, 15) is 35.9 Å². The lowest BCUT2D eigenvalue weighted by atomic mass is 10.0. The van der Waals surface area contributed by atoms with Gasteiger partial charge >= 0.3 is 24.3 Å². The Labute approximate surface area is 267 Å². The van der Waals surface area contributed by atoms with E-state index in [1.807, 2.05) is 37.3 Å². The quantitative estimate of drug-likeness (QED) is 0.0944. The smallest absolute Gasteiger partial charge is 0.489 e. The van der Waals surface area contributed by atoms with Crippen LogP contribution in [-0.2, 0) is 21.0 Å². The van der Waals surface area contributed by atoms with Gasteiger partial charge in [-0.25, -0.2) is 15.1 Å². The molecule has 0 aliphatic heterocycles. The summed E-state index contributed by atoms with van der Waals surface area (Å²) in [5.41, 5.74) is 5.54. The summed E-state index contributed by atoms with van der Waals surface area (Å²) in [7, 11) is 0. The maximum absolute atomic E-state index is 12.8. The highest BCUT2D eigenvalue weighted by Gasteiger charge is 2.38. The Kier molecular flexibility index (Phi) is 13.8. The minimum absolute atomic E-state index is 0.131. The molecule has 2 amide bonds. The molecule has 2 aromatic heterocycles. The molecule has 0 saturated carbocycles. The molecule has 2 heterocycles. The van der Waals surface area contributed by atoms with Crippen molar-refractivity contribution >= 4 is 34.7 Å². The van der Waals surface area contributed by atoms with E-state index in [0.29, 0.717) is 23.5 Å². The largest absolute Gasteiger partial charge is 0.490 e. The first kappa shape index (κ1) is 38.4. The van der Waals surface area contributed by atoms with Crippen molar-refractivity contribution in [3.05, 3.63) is 102 Å². The molecule has 2 aromatic carbocycles. The van der Waals surface area contributed by atoms with Crippen molar-refractivity contribution in [2.45, 2.75) is 38.3 Å². The molecule has 18 heteroatoms. The molecule has 4 aromatic rings. The third-order valence-electron chi connectivity index (χ3n) is 5.83. The number of rotatable bonds is 8. The van der Waals surface area contributed by atoms with Crippen LogP contribution in [0.1, 0.15) is 39.6 Å². The molecule has 48 heavy (non-hydrogen) atoms. The number of nitrogens with one attached hydrogen (secondary N) is 2. The fraction of sp³-hybridized carbons (Fsp3) is 0.200. The number of nitrogens with zero attached hydrogens (tertiary/aromatic N) is 2. The Morgan fingerprint density at radius 1 is 0.875 bits per heavy atom. The first-order chi connectivity index (χ1) is 22.4. The predicted octanol–water partition coefficient (Wildman–Crippen LogP) is 5.15. The van der Waals surface area contributed by atoms with Gasteiger partial charge in [-0.2, -0.15) is 26.3 Å². The number of aliphatic carboxylic acids is 2. The average Bonchev–Trinajstić information content (AvgIpc) is 3.03. The summed E-state index contributed by atoms with van der Waals surface area (Å²) in [5.74, 6) is -5.86. The average molecular weight is 685 g/mol. The fourth-order valence-electron chi connectivity index (χ4n) is 3.68. The Hall–Kier alpha value is -5.78. The molecule has 1 unspecified atom stereocenters. The number of carboxylic acids is 2. The number of carbonyl (C=O) groups excluding carboxylic acids is 2. The van der Waals surface area contributed by atoms with E-state index in [0.717, 1.165) is 22.2 Å². The molecular formula is C30H26F6N4O8. The number of aryl methyl sites for hydroxylation is 1. The van der Waals surface area contributed by atoms with Crippen molar-refractivity contribution in [3.63, 3.8) is 0 Å². The lowest BCUT2D eigenvalue weighted by Crippen LogP contribution is -2.33. The van der Waals surface area contributed by atoms with Gasteiger partial charge in [0.05, 0.1) is 18.0 Å². The van der Waals surface area contributed by atoms with Crippen LogP contribution >= 0.6 is 0 Å². The number of hydrogen-bond acceptors (Lipinski definition) is 8. The first-order valence-corrected chi connectivity index (χ1v) is 13.2. The van der Waals surface area contributed by atoms with Gasteiger partial charge in [0.1, 0.15) is 12.4 Å². The van der Waals surface area contributed by atoms with E-state index >= 15 is 0 Å². The van der Waals surface area contributed by atoms with Crippen molar-refractivity contribution in [1.29, 1.82) is 0 Å². The third-order valence-corrected chi connectivity index (χ3v) is 5.83. The second kappa shape index (κ2) is 17.2. The number of carboxylic acid groups (broad SMARTS) is 2. The minimum Gasteiger partial charge on any atom is -0.489 e. The van der Waals surface area contributed by atoms with Gasteiger partial charge in [0, 0.05) is 34.6 Å². The number of aromatic nitrogens is 2. The van der Waals surface area contributed by atoms with Crippen LogP contribution in [0.25, 0.3) is 10.9 Å². The molecule has 0 radical (unpaired) electrons. The molecule has 1 atom stereocenters. The normalized spacial score (nSPS) is 11.5. The van der Waals surface area contributed by atoms with Crippen molar-refractivity contribution < 1.29 is 65.7 Å². The third kappa shape index (κ3) is 12.5. The Morgan fingerprint density at radius 2 is 1.46 bits per heavy atom. The second-order valence-corrected chi connectivity index (χ2v) is 9.41. The van der Waals surface area contributed by atoms with Crippen LogP contribution in [-0.4, -0.2) is 61.5 Å². The maximum Gasteiger partial charge on any atom is 0.490 e. The monoisotopic (exact) mass is 684 g/mol. The van der Waals surface area contributed by atoms with Crippen molar-refractivity contribution in [1.82, 2.24) is 20.8 Å². The summed E-state index contributed by atoms with van der Waals surface area (Å²) >= 11 is 0. The summed E-state index contributed by atoms with van der Waals surface area (Å²) in [6.45, 7) is 2.32. The van der Waals surface area contributed by atoms with E-state index in [4.69, 9.17) is 29.7 Å². The fourth-order valence-corrected chi connectivity index (χ4v) is 3.68. The number of ether oxygens (including phenoxy) is 1. The van der Waals surface area contributed by atoms with Gasteiger partial charge in [-0.05, 0) is 55.0 Å². The second-order valence-electron chi connectivity index (χ2n) is 9.41. The Bertz CT molecular complexity index is 1680. The van der Waals surface area contributed by atoms with Gasteiger partial charge in [-0.3, -0.25) is 24.8 Å². The summed E-state index contributed by atoms with van der Waals surface area (Å²) < 4.78 is 69.4. The Morgan fingerprint density at radius 3 is 1.98 bits per heavy atom. The number of fused-ring (bicyclic) bond motifs is 1. The minimum atomic E-state index is -5.08. The van der Waals surface area contributed by atoms with Gasteiger partial charge < -0.3 is 20.3 Å². The number of para-hydroxylation sites is 1. The highest BCUT2D eigenvalue weighted by Crippen LogP contribution is 2.22. The molecule has 0 saturated heterocycles. The summed E-state index contributed by atoms with van der Waals surface area (Å²) in [6.07, 6.45) is -7.13. The highest BCUT2D eigenvalue weighted by molar-refractivity contribution is 5.95. The van der Waals surface area contributed by atoms with E-state index in [-0.39, 0.29) is 12.3 Å². The SMILES string of the molecule is Cc1cc(COc2ccc(C(=O)NC(CC(=O)NO)c3cccnc3)cc2)c2ccccc2n1.O=C(O)C(F)(F)F.O=C(O)C(F)(F)F. The van der Waals surface area contributed by atoms with Gasteiger partial charge in [0.2, 0.25) is 5.91 Å². The number of halogens is 6. The first-order valence-electron chi connectivity index (χ1n) is 13.2. The standard InChI is InChI=1S/C26H24N4O4.2C2HF3O2/c1-17-13-20(22-6-2-3-7-23(22)28-17)16-34-21-10-8-18(9-11-21)26(32)29-24(14-25(31)30-33)19-5-4-12-27-15-19;2*3-2(4,5)1(6)7/h2-13,15,24,33H,14,16H2,1H3,(H,29,32)(H,30,31);2*(H,6,7). The zero-order valence-corrected chi connectivity index (χ0v) is 24.5. The Balaban J connectivity index is 0.000000479. The van der Waals surface area contributed by atoms with E-state index in [1.54, 1.807) is 54.3 Å². The van der Waals surface area contributed by atoms with Crippen molar-refractivity contribution in [3.8, 4) is 5.75 Å². The molecule has 256 valence electrons. The molecule has 4 rings (SSSR count). The van der Waals surface area contributed by atoms with Crippen LogP contribution in [0.5, 0.6) is 5.75 Å². The topological polar surface area (TPSA) is 188 Å².